The van der Waals surface area contributed by atoms with Gasteiger partial charge in [0.2, 0.25) is 5.91 Å². The van der Waals surface area contributed by atoms with Crippen molar-refractivity contribution < 1.29 is 9.21 Å². The number of rotatable bonds is 4. The molecule has 3 aromatic heterocycles. The molecule has 0 aromatic carbocycles. The molecule has 2 N–H and O–H groups in total. The summed E-state index contributed by atoms with van der Waals surface area (Å²) in [6.07, 6.45) is 4.99. The maximum absolute atomic E-state index is 11.8. The molecule has 1 amide bonds. The normalized spacial score (nSPS) is 10.5. The standard InChI is InChI=1S/C12H10N4O2S/c17-11(15-9-5-13-14-6-9)4-8-7-19-12(16-8)10-2-1-3-18-10/h1-3,5-7H,4H2,(H,13,14)(H,15,17). The van der Waals surface area contributed by atoms with Crippen molar-refractivity contribution in [1.29, 1.82) is 0 Å². The van der Waals surface area contributed by atoms with E-state index in [4.69, 9.17) is 4.42 Å². The van der Waals surface area contributed by atoms with Gasteiger partial charge >= 0.3 is 0 Å². The molecule has 0 radical (unpaired) electrons. The first-order chi connectivity index (χ1) is 9.31. The van der Waals surface area contributed by atoms with E-state index in [1.54, 1.807) is 18.7 Å². The van der Waals surface area contributed by atoms with E-state index in [-0.39, 0.29) is 12.3 Å². The van der Waals surface area contributed by atoms with E-state index in [1.807, 2.05) is 17.5 Å². The number of furan rings is 1. The van der Waals surface area contributed by atoms with Gasteiger partial charge in [0, 0.05) is 11.6 Å². The van der Waals surface area contributed by atoms with E-state index in [0.29, 0.717) is 11.4 Å². The van der Waals surface area contributed by atoms with Crippen LogP contribution in [0.5, 0.6) is 0 Å². The Bertz CT molecular complexity index is 658. The first-order valence-corrected chi connectivity index (χ1v) is 6.46. The third-order valence-electron chi connectivity index (χ3n) is 2.41. The summed E-state index contributed by atoms with van der Waals surface area (Å²) in [7, 11) is 0. The molecule has 0 unspecified atom stereocenters. The van der Waals surface area contributed by atoms with Crippen LogP contribution in [0.1, 0.15) is 5.69 Å². The second kappa shape index (κ2) is 5.07. The molecule has 0 aliphatic carbocycles. The number of H-pyrrole nitrogens is 1. The lowest BCUT2D eigenvalue weighted by atomic mass is 10.3. The molecule has 0 atom stereocenters. The minimum Gasteiger partial charge on any atom is -0.462 e. The molecule has 3 rings (SSSR count). The summed E-state index contributed by atoms with van der Waals surface area (Å²) >= 11 is 1.45. The largest absolute Gasteiger partial charge is 0.462 e. The number of nitrogens with zero attached hydrogens (tertiary/aromatic N) is 2. The maximum atomic E-state index is 11.8. The van der Waals surface area contributed by atoms with Crippen LogP contribution in [0.2, 0.25) is 0 Å². The number of nitrogens with one attached hydrogen (secondary N) is 2. The van der Waals surface area contributed by atoms with Gasteiger partial charge in [-0.1, -0.05) is 0 Å². The Labute approximate surface area is 112 Å². The predicted octanol–water partition coefficient (Wildman–Crippen LogP) is 2.31. The number of hydrogen-bond donors (Lipinski definition) is 2. The van der Waals surface area contributed by atoms with Gasteiger partial charge in [-0.25, -0.2) is 4.98 Å². The molecule has 0 aliphatic rings. The van der Waals surface area contributed by atoms with Gasteiger partial charge in [-0.2, -0.15) is 5.10 Å². The molecule has 3 heterocycles. The summed E-state index contributed by atoms with van der Waals surface area (Å²) in [5.74, 6) is 0.587. The van der Waals surface area contributed by atoms with Crippen molar-refractivity contribution in [2.45, 2.75) is 6.42 Å². The molecule has 6 nitrogen and oxygen atoms in total. The molecule has 7 heteroatoms. The molecule has 96 valence electrons. The molecule has 0 fully saturated rings. The van der Waals surface area contributed by atoms with Gasteiger partial charge in [-0.15, -0.1) is 11.3 Å². The third-order valence-corrected chi connectivity index (χ3v) is 3.31. The summed E-state index contributed by atoms with van der Waals surface area (Å²) < 4.78 is 5.26. The topological polar surface area (TPSA) is 83.8 Å². The fourth-order valence-corrected chi connectivity index (χ4v) is 2.38. The molecule has 0 saturated carbocycles. The average molecular weight is 274 g/mol. The van der Waals surface area contributed by atoms with Crippen LogP contribution in [0.3, 0.4) is 0 Å². The van der Waals surface area contributed by atoms with Crippen molar-refractivity contribution in [2.24, 2.45) is 0 Å². The second-order valence-corrected chi connectivity index (χ2v) is 4.69. The summed E-state index contributed by atoms with van der Waals surface area (Å²) in [4.78, 5) is 16.1. The highest BCUT2D eigenvalue weighted by Crippen LogP contribution is 2.24. The quantitative estimate of drug-likeness (QED) is 0.764. The average Bonchev–Trinajstić information content (AvgIpc) is 3.09. The van der Waals surface area contributed by atoms with Gasteiger partial charge in [-0.05, 0) is 12.1 Å². The molecular formula is C12H10N4O2S. The minimum absolute atomic E-state index is 0.127. The highest BCUT2D eigenvalue weighted by atomic mass is 32.1. The zero-order valence-electron chi connectivity index (χ0n) is 9.79. The minimum atomic E-state index is -0.127. The molecular weight excluding hydrogens is 264 g/mol. The van der Waals surface area contributed by atoms with Crippen LogP contribution < -0.4 is 5.32 Å². The van der Waals surface area contributed by atoms with Crippen molar-refractivity contribution in [3.8, 4) is 10.8 Å². The second-order valence-electron chi connectivity index (χ2n) is 3.83. The highest BCUT2D eigenvalue weighted by molar-refractivity contribution is 7.13. The Morgan fingerprint density at radius 3 is 3.21 bits per heavy atom. The fourth-order valence-electron chi connectivity index (χ4n) is 1.59. The van der Waals surface area contributed by atoms with E-state index in [0.717, 1.165) is 10.7 Å². The number of carbonyl (C=O) groups is 1. The Balaban J connectivity index is 1.65. The Morgan fingerprint density at radius 2 is 2.47 bits per heavy atom. The number of aromatic amines is 1. The maximum Gasteiger partial charge on any atom is 0.230 e. The lowest BCUT2D eigenvalue weighted by molar-refractivity contribution is -0.115. The Kier molecular flexibility index (Phi) is 3.11. The zero-order valence-corrected chi connectivity index (χ0v) is 10.6. The van der Waals surface area contributed by atoms with Crippen molar-refractivity contribution in [3.05, 3.63) is 41.9 Å². The first-order valence-electron chi connectivity index (χ1n) is 5.58. The number of amides is 1. The number of carbonyl (C=O) groups excluding carboxylic acids is 1. The summed E-state index contributed by atoms with van der Waals surface area (Å²) in [5, 5.41) is 11.7. The monoisotopic (exact) mass is 274 g/mol. The van der Waals surface area contributed by atoms with E-state index in [2.05, 4.69) is 20.5 Å². The van der Waals surface area contributed by atoms with Gasteiger partial charge in [0.15, 0.2) is 10.8 Å². The van der Waals surface area contributed by atoms with Crippen molar-refractivity contribution in [3.63, 3.8) is 0 Å². The Morgan fingerprint density at radius 1 is 1.53 bits per heavy atom. The van der Waals surface area contributed by atoms with Gasteiger partial charge in [-0.3, -0.25) is 9.89 Å². The lowest BCUT2D eigenvalue weighted by Crippen LogP contribution is -2.14. The van der Waals surface area contributed by atoms with Crippen LogP contribution in [-0.2, 0) is 11.2 Å². The molecule has 19 heavy (non-hydrogen) atoms. The number of hydrogen-bond acceptors (Lipinski definition) is 5. The summed E-state index contributed by atoms with van der Waals surface area (Å²) in [5.41, 5.74) is 1.36. The van der Waals surface area contributed by atoms with E-state index in [1.165, 1.54) is 11.3 Å². The Hall–Kier alpha value is -2.41. The van der Waals surface area contributed by atoms with Crippen LogP contribution in [-0.4, -0.2) is 21.1 Å². The third kappa shape index (κ3) is 2.71. The van der Waals surface area contributed by atoms with Crippen LogP contribution in [0, 0.1) is 0 Å². The van der Waals surface area contributed by atoms with Crippen LogP contribution >= 0.6 is 11.3 Å². The lowest BCUT2D eigenvalue weighted by Gasteiger charge is -1.99. The summed E-state index contributed by atoms with van der Waals surface area (Å²) in [6.45, 7) is 0. The molecule has 0 bridgehead atoms. The van der Waals surface area contributed by atoms with Gasteiger partial charge in [0.05, 0.1) is 30.3 Å². The van der Waals surface area contributed by atoms with E-state index in [9.17, 15) is 4.79 Å². The van der Waals surface area contributed by atoms with Crippen LogP contribution in [0.25, 0.3) is 10.8 Å². The summed E-state index contributed by atoms with van der Waals surface area (Å²) in [6, 6.07) is 3.65. The molecule has 0 aliphatic heterocycles. The van der Waals surface area contributed by atoms with Gasteiger partial charge in [0.1, 0.15) is 0 Å². The van der Waals surface area contributed by atoms with E-state index < -0.39 is 0 Å². The fraction of sp³-hybridized carbons (Fsp3) is 0.0833. The SMILES string of the molecule is O=C(Cc1csc(-c2ccco2)n1)Nc1cn[nH]c1. The number of thiazole rings is 1. The van der Waals surface area contributed by atoms with Gasteiger partial charge < -0.3 is 9.73 Å². The van der Waals surface area contributed by atoms with E-state index >= 15 is 0 Å². The zero-order chi connectivity index (χ0) is 13.1. The van der Waals surface area contributed by atoms with Gasteiger partial charge in [0.25, 0.3) is 0 Å². The highest BCUT2D eigenvalue weighted by Gasteiger charge is 2.10. The predicted molar refractivity (Wildman–Crippen MR) is 70.7 cm³/mol. The molecule has 3 aromatic rings. The molecule has 0 spiro atoms. The van der Waals surface area contributed by atoms with Crippen molar-refractivity contribution >= 4 is 22.9 Å². The number of aromatic nitrogens is 3. The first kappa shape index (κ1) is 11.7. The number of anilines is 1. The van der Waals surface area contributed by atoms with Crippen molar-refractivity contribution in [2.75, 3.05) is 5.32 Å². The molecule has 0 saturated heterocycles. The van der Waals surface area contributed by atoms with Crippen molar-refractivity contribution in [1.82, 2.24) is 15.2 Å². The van der Waals surface area contributed by atoms with Crippen LogP contribution in [0.15, 0.2) is 40.6 Å². The van der Waals surface area contributed by atoms with Crippen LogP contribution in [0.4, 0.5) is 5.69 Å². The smallest absolute Gasteiger partial charge is 0.230 e.